The number of amides is 2. The molecule has 0 bridgehead atoms. The maximum absolute atomic E-state index is 12.1. The van der Waals surface area contributed by atoms with E-state index in [1.807, 2.05) is 62.4 Å². The Morgan fingerprint density at radius 2 is 1.76 bits per heavy atom. The molecule has 132 valence electrons. The average Bonchev–Trinajstić information content (AvgIpc) is 2.62. The van der Waals surface area contributed by atoms with Crippen molar-refractivity contribution < 1.29 is 14.3 Å². The van der Waals surface area contributed by atoms with Crippen LogP contribution in [0.15, 0.2) is 48.5 Å². The molecule has 25 heavy (non-hydrogen) atoms. The quantitative estimate of drug-likeness (QED) is 0.776. The van der Waals surface area contributed by atoms with E-state index in [1.54, 1.807) is 0 Å². The summed E-state index contributed by atoms with van der Waals surface area (Å²) in [5.41, 5.74) is 2.92. The van der Waals surface area contributed by atoms with Crippen molar-refractivity contribution in [1.82, 2.24) is 5.32 Å². The third kappa shape index (κ3) is 5.95. The standard InChI is InChI=1S/C20H24N2O3/c1-3-16-9-7-8-15(2)20(16)22-19(24)14-21-18(23)12-13-25-17-10-5-4-6-11-17/h4-11H,3,12-14H2,1-2H3,(H,21,23)(H,22,24). The molecule has 2 aromatic rings. The van der Waals surface area contributed by atoms with E-state index in [1.165, 1.54) is 0 Å². The zero-order valence-electron chi connectivity index (χ0n) is 14.7. The predicted molar refractivity (Wildman–Crippen MR) is 98.8 cm³/mol. The van der Waals surface area contributed by atoms with Gasteiger partial charge in [0.15, 0.2) is 0 Å². The van der Waals surface area contributed by atoms with Crippen LogP contribution in [-0.4, -0.2) is 25.0 Å². The van der Waals surface area contributed by atoms with Crippen molar-refractivity contribution in [2.75, 3.05) is 18.5 Å². The Hall–Kier alpha value is -2.82. The van der Waals surface area contributed by atoms with Gasteiger partial charge < -0.3 is 15.4 Å². The van der Waals surface area contributed by atoms with Crippen LogP contribution in [0.2, 0.25) is 0 Å². The van der Waals surface area contributed by atoms with Gasteiger partial charge in [0.25, 0.3) is 0 Å². The third-order valence-electron chi connectivity index (χ3n) is 3.79. The van der Waals surface area contributed by atoms with Crippen LogP contribution in [0.3, 0.4) is 0 Å². The van der Waals surface area contributed by atoms with Crippen LogP contribution in [0.1, 0.15) is 24.5 Å². The Labute approximate surface area is 148 Å². The second kappa shape index (κ2) is 9.47. The Morgan fingerprint density at radius 1 is 1.00 bits per heavy atom. The van der Waals surface area contributed by atoms with Crippen molar-refractivity contribution in [3.8, 4) is 5.75 Å². The molecule has 2 amide bonds. The largest absolute Gasteiger partial charge is 0.493 e. The molecule has 0 fully saturated rings. The maximum Gasteiger partial charge on any atom is 0.243 e. The van der Waals surface area contributed by atoms with E-state index in [2.05, 4.69) is 10.6 Å². The summed E-state index contributed by atoms with van der Waals surface area (Å²) >= 11 is 0. The number of para-hydroxylation sites is 2. The summed E-state index contributed by atoms with van der Waals surface area (Å²) in [6, 6.07) is 15.2. The van der Waals surface area contributed by atoms with Crippen LogP contribution >= 0.6 is 0 Å². The van der Waals surface area contributed by atoms with Crippen LogP contribution in [0.5, 0.6) is 5.75 Å². The molecule has 0 aliphatic carbocycles. The molecule has 0 heterocycles. The van der Waals surface area contributed by atoms with Gasteiger partial charge in [0, 0.05) is 5.69 Å². The van der Waals surface area contributed by atoms with Gasteiger partial charge in [-0.25, -0.2) is 0 Å². The molecule has 0 saturated carbocycles. The molecule has 5 heteroatoms. The van der Waals surface area contributed by atoms with Gasteiger partial charge in [-0.3, -0.25) is 9.59 Å². The molecule has 0 aliphatic heterocycles. The lowest BCUT2D eigenvalue weighted by Gasteiger charge is -2.13. The maximum atomic E-state index is 12.1. The van der Waals surface area contributed by atoms with Crippen molar-refractivity contribution in [2.24, 2.45) is 0 Å². The first-order valence-corrected chi connectivity index (χ1v) is 8.43. The highest BCUT2D eigenvalue weighted by molar-refractivity contribution is 5.95. The van der Waals surface area contributed by atoms with Crippen molar-refractivity contribution in [3.05, 3.63) is 59.7 Å². The molecule has 2 rings (SSSR count). The zero-order valence-corrected chi connectivity index (χ0v) is 14.7. The number of benzene rings is 2. The molecular weight excluding hydrogens is 316 g/mol. The molecular formula is C20H24N2O3. The zero-order chi connectivity index (χ0) is 18.1. The molecule has 0 atom stereocenters. The van der Waals surface area contributed by atoms with Crippen LogP contribution in [0.25, 0.3) is 0 Å². The van der Waals surface area contributed by atoms with Crippen molar-refractivity contribution >= 4 is 17.5 Å². The van der Waals surface area contributed by atoms with Crippen LogP contribution in [0, 0.1) is 6.92 Å². The van der Waals surface area contributed by atoms with E-state index in [4.69, 9.17) is 4.74 Å². The fraction of sp³-hybridized carbons (Fsp3) is 0.300. The smallest absolute Gasteiger partial charge is 0.243 e. The normalized spacial score (nSPS) is 10.2. The molecule has 2 N–H and O–H groups in total. The first kappa shape index (κ1) is 18.5. The minimum Gasteiger partial charge on any atom is -0.493 e. The fourth-order valence-electron chi connectivity index (χ4n) is 2.43. The minimum atomic E-state index is -0.235. The van der Waals surface area contributed by atoms with E-state index < -0.39 is 0 Å². The molecule has 0 unspecified atom stereocenters. The number of nitrogens with one attached hydrogen (secondary N) is 2. The lowest BCUT2D eigenvalue weighted by atomic mass is 10.1. The van der Waals surface area contributed by atoms with Crippen molar-refractivity contribution in [1.29, 1.82) is 0 Å². The minimum absolute atomic E-state index is 0.0539. The number of carbonyl (C=O) groups excluding carboxylic acids is 2. The molecule has 0 saturated heterocycles. The van der Waals surface area contributed by atoms with Gasteiger partial charge in [-0.2, -0.15) is 0 Å². The highest BCUT2D eigenvalue weighted by Gasteiger charge is 2.10. The number of anilines is 1. The summed E-state index contributed by atoms with van der Waals surface area (Å²) in [7, 11) is 0. The van der Waals surface area contributed by atoms with Gasteiger partial charge >= 0.3 is 0 Å². The topological polar surface area (TPSA) is 67.4 Å². The van der Waals surface area contributed by atoms with Gasteiger partial charge in [0.2, 0.25) is 11.8 Å². The first-order chi connectivity index (χ1) is 12.1. The summed E-state index contributed by atoms with van der Waals surface area (Å²) in [6.45, 7) is 4.21. The SMILES string of the molecule is CCc1cccc(C)c1NC(=O)CNC(=O)CCOc1ccccc1. The Kier molecular flexibility index (Phi) is 7.01. The number of hydrogen-bond donors (Lipinski definition) is 2. The highest BCUT2D eigenvalue weighted by Crippen LogP contribution is 2.20. The Balaban J connectivity index is 1.73. The number of ether oxygens (including phenoxy) is 1. The van der Waals surface area contributed by atoms with Crippen LogP contribution in [0.4, 0.5) is 5.69 Å². The van der Waals surface area contributed by atoms with Crippen LogP contribution in [-0.2, 0) is 16.0 Å². The summed E-state index contributed by atoms with van der Waals surface area (Å²) in [6.07, 6.45) is 1.03. The second-order valence-electron chi connectivity index (χ2n) is 5.70. The van der Waals surface area contributed by atoms with Crippen molar-refractivity contribution in [3.63, 3.8) is 0 Å². The Bertz CT molecular complexity index is 714. The van der Waals surface area contributed by atoms with Gasteiger partial charge in [-0.1, -0.05) is 43.3 Å². The molecule has 5 nitrogen and oxygen atoms in total. The number of aryl methyl sites for hydroxylation is 2. The third-order valence-corrected chi connectivity index (χ3v) is 3.79. The molecule has 0 spiro atoms. The fourth-order valence-corrected chi connectivity index (χ4v) is 2.43. The first-order valence-electron chi connectivity index (χ1n) is 8.43. The van der Waals surface area contributed by atoms with E-state index in [9.17, 15) is 9.59 Å². The van der Waals surface area contributed by atoms with Crippen LogP contribution < -0.4 is 15.4 Å². The van der Waals surface area contributed by atoms with Crippen molar-refractivity contribution in [2.45, 2.75) is 26.7 Å². The molecule has 2 aromatic carbocycles. The van der Waals surface area contributed by atoms with Gasteiger partial charge in [0.05, 0.1) is 19.6 Å². The van der Waals surface area contributed by atoms with E-state index in [-0.39, 0.29) is 31.4 Å². The number of carbonyl (C=O) groups is 2. The second-order valence-corrected chi connectivity index (χ2v) is 5.70. The summed E-state index contributed by atoms with van der Waals surface area (Å²) in [4.78, 5) is 23.9. The van der Waals surface area contributed by atoms with Gasteiger partial charge in [0.1, 0.15) is 5.75 Å². The summed E-state index contributed by atoms with van der Waals surface area (Å²) < 4.78 is 5.46. The number of rotatable bonds is 8. The summed E-state index contributed by atoms with van der Waals surface area (Å²) in [5.74, 6) is 0.271. The number of hydrogen-bond acceptors (Lipinski definition) is 3. The van der Waals surface area contributed by atoms with E-state index >= 15 is 0 Å². The van der Waals surface area contributed by atoms with E-state index in [0.29, 0.717) is 0 Å². The molecule has 0 radical (unpaired) electrons. The lowest BCUT2D eigenvalue weighted by molar-refractivity contribution is -0.124. The van der Waals surface area contributed by atoms with E-state index in [0.717, 1.165) is 29.0 Å². The highest BCUT2D eigenvalue weighted by atomic mass is 16.5. The predicted octanol–water partition coefficient (Wildman–Crippen LogP) is 3.08. The monoisotopic (exact) mass is 340 g/mol. The van der Waals surface area contributed by atoms with Gasteiger partial charge in [-0.15, -0.1) is 0 Å². The summed E-state index contributed by atoms with van der Waals surface area (Å²) in [5, 5.41) is 5.50. The molecule has 0 aliphatic rings. The lowest BCUT2D eigenvalue weighted by Crippen LogP contribution is -2.33. The molecule has 0 aromatic heterocycles. The van der Waals surface area contributed by atoms with Gasteiger partial charge in [-0.05, 0) is 36.6 Å². The Morgan fingerprint density at radius 3 is 2.48 bits per heavy atom. The average molecular weight is 340 g/mol.